The number of hydrogen-bond donors (Lipinski definition) is 2. The number of amidine groups is 1. The van der Waals surface area contributed by atoms with E-state index in [0.29, 0.717) is 42.7 Å². The number of fused-ring (bicyclic) bond motifs is 3. The Hall–Kier alpha value is -3.84. The van der Waals surface area contributed by atoms with Crippen LogP contribution >= 0.6 is 0 Å². The van der Waals surface area contributed by atoms with Crippen LogP contribution in [0.2, 0.25) is 0 Å². The van der Waals surface area contributed by atoms with Gasteiger partial charge in [0.15, 0.2) is 17.8 Å². The summed E-state index contributed by atoms with van der Waals surface area (Å²) in [5, 5.41) is 2.65. The Morgan fingerprint density at radius 2 is 2.11 bits per heavy atom. The predicted molar refractivity (Wildman–Crippen MR) is 126 cm³/mol. The molecule has 0 bridgehead atoms. The van der Waals surface area contributed by atoms with E-state index in [0.717, 1.165) is 51.1 Å². The number of anilines is 1. The van der Waals surface area contributed by atoms with Crippen molar-refractivity contribution in [3.05, 3.63) is 24.0 Å². The summed E-state index contributed by atoms with van der Waals surface area (Å²) in [4.78, 5) is 29.6. The first-order valence-electron chi connectivity index (χ1n) is 11.4. The van der Waals surface area contributed by atoms with E-state index in [1.807, 2.05) is 17.0 Å². The van der Waals surface area contributed by atoms with Crippen LogP contribution in [0.25, 0.3) is 0 Å². The Balaban J connectivity index is 1.31. The molecule has 1 saturated heterocycles. The molecular formula is C22H27N7O6. The zero-order valence-electron chi connectivity index (χ0n) is 19.4. The topological polar surface area (TPSA) is 149 Å². The molecule has 13 nitrogen and oxygen atoms in total. The highest BCUT2D eigenvalue weighted by Gasteiger charge is 2.33. The lowest BCUT2D eigenvalue weighted by Crippen LogP contribution is -2.48. The third kappa shape index (κ3) is 5.00. The molecular weight excluding hydrogens is 458 g/mol. The number of methoxy groups -OCH3 is 1. The minimum Gasteiger partial charge on any atom is -0.491 e. The van der Waals surface area contributed by atoms with Gasteiger partial charge in [0, 0.05) is 31.7 Å². The standard InChI is InChI=1S/C22H27N7O6/c1-31-18-15(33-10-2-6-28-8-11-32-12-9-28)4-3-14-17(18)26-21(29-7-5-24-19(14)29)27-22(30)35-16-13-34-20(23)25-16/h3-4,13H,2,5-12H2,1H3,(H2,23,25)(H,26,27,30). The van der Waals surface area contributed by atoms with Crippen LogP contribution in [-0.4, -0.2) is 92.3 Å². The lowest BCUT2D eigenvalue weighted by molar-refractivity contribution is 0.0357. The molecule has 3 N–H and O–H groups in total. The van der Waals surface area contributed by atoms with Crippen LogP contribution in [0.4, 0.5) is 16.5 Å². The van der Waals surface area contributed by atoms with Crippen molar-refractivity contribution < 1.29 is 28.2 Å². The molecule has 4 heterocycles. The van der Waals surface area contributed by atoms with Crippen LogP contribution in [0.1, 0.15) is 12.0 Å². The number of ether oxygens (including phenoxy) is 4. The molecule has 0 radical (unpaired) electrons. The quantitative estimate of drug-likeness (QED) is 0.548. The van der Waals surface area contributed by atoms with Crippen molar-refractivity contribution in [3.63, 3.8) is 0 Å². The number of aromatic nitrogens is 1. The second-order valence-electron chi connectivity index (χ2n) is 7.98. The second kappa shape index (κ2) is 10.2. The Kier molecular flexibility index (Phi) is 6.68. The predicted octanol–water partition coefficient (Wildman–Crippen LogP) is 1.22. The Labute approximate surface area is 201 Å². The summed E-state index contributed by atoms with van der Waals surface area (Å²) in [6, 6.07) is 3.67. The van der Waals surface area contributed by atoms with Crippen molar-refractivity contribution in [1.29, 1.82) is 0 Å². The van der Waals surface area contributed by atoms with E-state index in [9.17, 15) is 4.79 Å². The van der Waals surface area contributed by atoms with Crippen molar-refractivity contribution in [2.45, 2.75) is 6.42 Å². The smallest absolute Gasteiger partial charge is 0.420 e. The minimum atomic E-state index is -0.791. The van der Waals surface area contributed by atoms with Gasteiger partial charge < -0.3 is 29.1 Å². The molecule has 1 aromatic heterocycles. The van der Waals surface area contributed by atoms with E-state index in [2.05, 4.69) is 25.2 Å². The summed E-state index contributed by atoms with van der Waals surface area (Å²) in [5.74, 6) is 1.94. The van der Waals surface area contributed by atoms with Crippen molar-refractivity contribution in [2.24, 2.45) is 9.98 Å². The van der Waals surface area contributed by atoms with Gasteiger partial charge in [0.05, 0.1) is 33.5 Å². The highest BCUT2D eigenvalue weighted by Crippen LogP contribution is 2.43. The van der Waals surface area contributed by atoms with E-state index < -0.39 is 6.09 Å². The molecule has 0 unspecified atom stereocenters. The first-order valence-corrected chi connectivity index (χ1v) is 11.4. The number of hydrogen-bond acceptors (Lipinski definition) is 12. The number of nitrogen functional groups attached to an aromatic ring is 1. The fourth-order valence-corrected chi connectivity index (χ4v) is 4.13. The molecule has 186 valence electrons. The summed E-state index contributed by atoms with van der Waals surface area (Å²) in [6.07, 6.45) is 1.22. The van der Waals surface area contributed by atoms with Gasteiger partial charge in [-0.3, -0.25) is 20.1 Å². The van der Waals surface area contributed by atoms with Crippen LogP contribution in [-0.2, 0) is 4.74 Å². The highest BCUT2D eigenvalue weighted by atomic mass is 16.6. The Morgan fingerprint density at radius 3 is 2.89 bits per heavy atom. The molecule has 3 aliphatic heterocycles. The molecule has 0 saturated carbocycles. The number of guanidine groups is 1. The third-order valence-corrected chi connectivity index (χ3v) is 5.75. The van der Waals surface area contributed by atoms with Crippen LogP contribution in [0.15, 0.2) is 32.8 Å². The van der Waals surface area contributed by atoms with Gasteiger partial charge >= 0.3 is 6.09 Å². The van der Waals surface area contributed by atoms with E-state index in [-0.39, 0.29) is 17.9 Å². The minimum absolute atomic E-state index is 0.0579. The lowest BCUT2D eigenvalue weighted by atomic mass is 10.1. The molecule has 1 aromatic carbocycles. The fraction of sp³-hybridized carbons (Fsp3) is 0.455. The summed E-state index contributed by atoms with van der Waals surface area (Å²) in [6.45, 7) is 6.02. The normalized spacial score (nSPS) is 17.2. The van der Waals surface area contributed by atoms with Gasteiger partial charge in [-0.25, -0.2) is 9.79 Å². The van der Waals surface area contributed by atoms with Crippen molar-refractivity contribution in [2.75, 3.05) is 65.4 Å². The fourth-order valence-electron chi connectivity index (χ4n) is 4.13. The maximum Gasteiger partial charge on any atom is 0.420 e. The van der Waals surface area contributed by atoms with Gasteiger partial charge in [-0.2, -0.15) is 4.98 Å². The maximum absolute atomic E-state index is 12.4. The largest absolute Gasteiger partial charge is 0.491 e. The number of carbonyl (C=O) groups is 1. The molecule has 1 fully saturated rings. The number of carbonyl (C=O) groups excluding carboxylic acids is 1. The highest BCUT2D eigenvalue weighted by molar-refractivity contribution is 6.18. The first kappa shape index (κ1) is 22.9. The average Bonchev–Trinajstić information content (AvgIpc) is 3.51. The molecule has 3 aliphatic rings. The third-order valence-electron chi connectivity index (χ3n) is 5.75. The number of aliphatic imine (C=N–C) groups is 2. The van der Waals surface area contributed by atoms with E-state index in [1.54, 1.807) is 7.11 Å². The summed E-state index contributed by atoms with van der Waals surface area (Å²) in [7, 11) is 1.56. The zero-order chi connectivity index (χ0) is 24.2. The Morgan fingerprint density at radius 1 is 1.26 bits per heavy atom. The van der Waals surface area contributed by atoms with Gasteiger partial charge in [0.25, 0.3) is 11.9 Å². The molecule has 1 amide bonds. The van der Waals surface area contributed by atoms with Crippen LogP contribution in [0.5, 0.6) is 17.4 Å². The molecule has 0 aliphatic carbocycles. The van der Waals surface area contributed by atoms with Crippen LogP contribution in [0, 0.1) is 0 Å². The molecule has 0 atom stereocenters. The summed E-state index contributed by atoms with van der Waals surface area (Å²) < 4.78 is 27.1. The SMILES string of the molecule is COc1c(OCCCN2CCOCC2)ccc2c1N=C(NC(=O)Oc1coc(N)n1)N1CCN=C21. The molecule has 2 aromatic rings. The lowest BCUT2D eigenvalue weighted by Gasteiger charge is -2.28. The van der Waals surface area contributed by atoms with Gasteiger partial charge in [-0.15, -0.1) is 0 Å². The van der Waals surface area contributed by atoms with Gasteiger partial charge in [-0.05, 0) is 18.6 Å². The van der Waals surface area contributed by atoms with Crippen molar-refractivity contribution in [1.82, 2.24) is 20.1 Å². The van der Waals surface area contributed by atoms with Crippen LogP contribution < -0.4 is 25.3 Å². The molecule has 35 heavy (non-hydrogen) atoms. The number of morpholine rings is 1. The zero-order valence-corrected chi connectivity index (χ0v) is 19.4. The number of amides is 1. The number of nitrogens with one attached hydrogen (secondary N) is 1. The maximum atomic E-state index is 12.4. The Bertz CT molecular complexity index is 1140. The number of rotatable bonds is 7. The van der Waals surface area contributed by atoms with Gasteiger partial charge in [0.1, 0.15) is 11.5 Å². The average molecular weight is 486 g/mol. The van der Waals surface area contributed by atoms with Crippen molar-refractivity contribution in [3.8, 4) is 17.4 Å². The van der Waals surface area contributed by atoms with Crippen LogP contribution in [0.3, 0.4) is 0 Å². The molecule has 0 spiro atoms. The number of benzene rings is 1. The molecule has 13 heteroatoms. The van der Waals surface area contributed by atoms with E-state index in [4.69, 9.17) is 29.1 Å². The van der Waals surface area contributed by atoms with Crippen molar-refractivity contribution >= 4 is 29.6 Å². The van der Waals surface area contributed by atoms with E-state index in [1.165, 1.54) is 0 Å². The number of nitrogens with zero attached hydrogens (tertiary/aromatic N) is 5. The summed E-state index contributed by atoms with van der Waals surface area (Å²) in [5.41, 5.74) is 6.74. The summed E-state index contributed by atoms with van der Waals surface area (Å²) >= 11 is 0. The van der Waals surface area contributed by atoms with Gasteiger partial charge in [0.2, 0.25) is 5.96 Å². The second-order valence-corrected chi connectivity index (χ2v) is 7.98. The molecule has 5 rings (SSSR count). The number of nitrogens with two attached hydrogens (primary N) is 1. The van der Waals surface area contributed by atoms with Gasteiger partial charge in [-0.1, -0.05) is 0 Å². The first-order chi connectivity index (χ1) is 17.1. The number of oxazole rings is 1. The monoisotopic (exact) mass is 485 g/mol. The van der Waals surface area contributed by atoms with E-state index >= 15 is 0 Å².